The van der Waals surface area contributed by atoms with Crippen molar-refractivity contribution in [2.24, 2.45) is 0 Å². The average molecular weight is 719 g/mol. The molecule has 1 spiro atoms. The number of benzene rings is 8. The topological polar surface area (TPSA) is 43.6 Å². The first-order chi connectivity index (χ1) is 27.3. The third-order valence-electron chi connectivity index (χ3n) is 11.5. The molecule has 1 aliphatic carbocycles. The van der Waals surface area contributed by atoms with Crippen LogP contribution in [-0.2, 0) is 5.41 Å². The maximum absolute atomic E-state index is 5.26. The van der Waals surface area contributed by atoms with Crippen molar-refractivity contribution in [2.75, 3.05) is 0 Å². The Morgan fingerprint density at radius 3 is 1.65 bits per heavy atom. The molecule has 0 saturated carbocycles. The minimum absolute atomic E-state index is 0.480. The zero-order valence-corrected chi connectivity index (χ0v) is 30.3. The van der Waals surface area contributed by atoms with E-state index >= 15 is 0 Å². The Bertz CT molecular complexity index is 3080. The van der Waals surface area contributed by atoms with Gasteiger partial charge in [-0.2, -0.15) is 9.97 Å². The van der Waals surface area contributed by atoms with E-state index in [4.69, 9.17) is 15.0 Å². The summed E-state index contributed by atoms with van der Waals surface area (Å²) in [6, 6.07) is 65.4. The molecule has 0 atom stereocenters. The van der Waals surface area contributed by atoms with Gasteiger partial charge in [0.05, 0.1) is 16.4 Å². The summed E-state index contributed by atoms with van der Waals surface area (Å²) >= 11 is 1.89. The Morgan fingerprint density at radius 2 is 0.964 bits per heavy atom. The molecular formula is C50H30N4S. The van der Waals surface area contributed by atoms with Crippen LogP contribution in [0.15, 0.2) is 192 Å². The Kier molecular flexibility index (Phi) is 6.45. The average Bonchev–Trinajstić information content (AvgIpc) is 3.76. The first-order valence-corrected chi connectivity index (χ1v) is 19.4. The van der Waals surface area contributed by atoms with Crippen molar-refractivity contribution >= 4 is 44.3 Å². The first kappa shape index (κ1) is 30.6. The molecule has 1 aliphatic heterocycles. The Hall–Kier alpha value is -6.82. The van der Waals surface area contributed by atoms with Crippen LogP contribution in [0.5, 0.6) is 0 Å². The van der Waals surface area contributed by atoms with Gasteiger partial charge in [-0.15, -0.1) is 0 Å². The van der Waals surface area contributed by atoms with Gasteiger partial charge in [0.25, 0.3) is 0 Å². The van der Waals surface area contributed by atoms with Gasteiger partial charge in [-0.1, -0.05) is 176 Å². The lowest BCUT2D eigenvalue weighted by molar-refractivity contribution is 0.726. The van der Waals surface area contributed by atoms with Crippen molar-refractivity contribution in [1.82, 2.24) is 19.5 Å². The van der Waals surface area contributed by atoms with Gasteiger partial charge in [-0.3, -0.25) is 4.57 Å². The van der Waals surface area contributed by atoms with Gasteiger partial charge in [-0.25, -0.2) is 4.98 Å². The molecule has 5 heteroatoms. The number of hydrogen-bond acceptors (Lipinski definition) is 4. The predicted molar refractivity (Wildman–Crippen MR) is 224 cm³/mol. The van der Waals surface area contributed by atoms with Gasteiger partial charge >= 0.3 is 0 Å². The van der Waals surface area contributed by atoms with Crippen LogP contribution in [0.1, 0.15) is 22.3 Å². The minimum atomic E-state index is -0.480. The number of fused-ring (bicyclic) bond motifs is 15. The second-order valence-electron chi connectivity index (χ2n) is 14.3. The van der Waals surface area contributed by atoms with Crippen LogP contribution in [0.4, 0.5) is 0 Å². The largest absolute Gasteiger partial charge is 0.278 e. The van der Waals surface area contributed by atoms with E-state index < -0.39 is 5.41 Å². The van der Waals surface area contributed by atoms with Gasteiger partial charge in [0, 0.05) is 31.7 Å². The summed E-state index contributed by atoms with van der Waals surface area (Å²) in [4.78, 5) is 18.1. The number of aromatic nitrogens is 4. The first-order valence-electron chi connectivity index (χ1n) is 18.6. The van der Waals surface area contributed by atoms with Crippen LogP contribution in [-0.4, -0.2) is 19.5 Å². The lowest BCUT2D eigenvalue weighted by Gasteiger charge is -2.40. The molecule has 0 unspecified atom stereocenters. The van der Waals surface area contributed by atoms with Crippen molar-refractivity contribution in [2.45, 2.75) is 15.2 Å². The predicted octanol–water partition coefficient (Wildman–Crippen LogP) is 12.3. The van der Waals surface area contributed by atoms with Gasteiger partial charge in [-0.05, 0) is 62.4 Å². The third-order valence-corrected chi connectivity index (χ3v) is 12.7. The van der Waals surface area contributed by atoms with Crippen LogP contribution in [0.25, 0.3) is 72.4 Å². The molecule has 10 aromatic rings. The summed E-state index contributed by atoms with van der Waals surface area (Å²) < 4.78 is 2.27. The minimum Gasteiger partial charge on any atom is -0.278 e. The van der Waals surface area contributed by atoms with Gasteiger partial charge in [0.1, 0.15) is 0 Å². The molecule has 55 heavy (non-hydrogen) atoms. The monoisotopic (exact) mass is 718 g/mol. The smallest absolute Gasteiger partial charge is 0.238 e. The molecule has 12 rings (SSSR count). The van der Waals surface area contributed by atoms with E-state index in [9.17, 15) is 0 Å². The van der Waals surface area contributed by atoms with Crippen LogP contribution in [0, 0.1) is 0 Å². The fraction of sp³-hybridized carbons (Fsp3) is 0.0200. The van der Waals surface area contributed by atoms with Gasteiger partial charge in [0.2, 0.25) is 5.95 Å². The summed E-state index contributed by atoms with van der Waals surface area (Å²) in [5, 5.41) is 4.82. The molecule has 2 aromatic heterocycles. The van der Waals surface area contributed by atoms with Crippen molar-refractivity contribution in [3.05, 3.63) is 204 Å². The molecule has 2 aliphatic rings. The summed E-state index contributed by atoms with van der Waals surface area (Å²) in [5.74, 6) is 1.87. The number of rotatable bonds is 3. The van der Waals surface area contributed by atoms with Crippen molar-refractivity contribution < 1.29 is 0 Å². The molecule has 0 fully saturated rings. The van der Waals surface area contributed by atoms with E-state index in [2.05, 4.69) is 150 Å². The van der Waals surface area contributed by atoms with E-state index in [0.717, 1.165) is 22.2 Å². The maximum atomic E-state index is 5.26. The quantitative estimate of drug-likeness (QED) is 0.182. The Balaban J connectivity index is 1.24. The molecule has 0 amide bonds. The third kappa shape index (κ3) is 4.21. The lowest BCUT2D eigenvalue weighted by atomic mass is 9.67. The number of nitrogens with zero attached hydrogens (tertiary/aromatic N) is 4. The van der Waals surface area contributed by atoms with E-state index in [1.807, 2.05) is 48.2 Å². The molecule has 256 valence electrons. The van der Waals surface area contributed by atoms with Gasteiger partial charge < -0.3 is 0 Å². The molecule has 0 radical (unpaired) electrons. The standard InChI is InChI=1S/C50H30N4S/c1-3-16-32(17-4-1)47-51-48(33-18-5-2-6-19-33)53-49(52-47)54-41-29-27-31-15-7-8-20-34(31)44(41)45-42(54)30-28-40-46(45)55-43-26-14-13-25-39(43)50(40)37-23-11-9-21-35(37)36-22-10-12-24-38(36)50/h1-30H. The Labute approximate surface area is 321 Å². The van der Waals surface area contributed by atoms with Crippen LogP contribution in [0.2, 0.25) is 0 Å². The molecule has 0 bridgehead atoms. The highest BCUT2D eigenvalue weighted by atomic mass is 32.2. The van der Waals surface area contributed by atoms with Gasteiger partial charge in [0.15, 0.2) is 11.6 Å². The van der Waals surface area contributed by atoms with E-state index in [-0.39, 0.29) is 0 Å². The Morgan fingerprint density at radius 1 is 0.418 bits per heavy atom. The molecule has 0 saturated heterocycles. The summed E-state index contributed by atoms with van der Waals surface area (Å²) in [6.45, 7) is 0. The highest BCUT2D eigenvalue weighted by molar-refractivity contribution is 7.99. The molecule has 4 nitrogen and oxygen atoms in total. The summed E-state index contributed by atoms with van der Waals surface area (Å²) in [7, 11) is 0. The zero-order valence-electron chi connectivity index (χ0n) is 29.5. The second-order valence-corrected chi connectivity index (χ2v) is 15.4. The highest BCUT2D eigenvalue weighted by Gasteiger charge is 2.50. The fourth-order valence-electron chi connectivity index (χ4n) is 9.29. The van der Waals surface area contributed by atoms with E-state index in [0.29, 0.717) is 17.6 Å². The SMILES string of the molecule is c1ccc(-c2nc(-c3ccccc3)nc(-n3c4ccc5c(c4c4c6ccccc6ccc43)Sc3ccccc3C53c4ccccc4-c4ccccc43)n2)cc1. The molecular weight excluding hydrogens is 689 g/mol. The fourth-order valence-corrected chi connectivity index (χ4v) is 10.6. The van der Waals surface area contributed by atoms with Crippen LogP contribution < -0.4 is 0 Å². The van der Waals surface area contributed by atoms with Crippen molar-refractivity contribution in [1.29, 1.82) is 0 Å². The van der Waals surface area contributed by atoms with E-state index in [1.54, 1.807) is 0 Å². The number of hydrogen-bond donors (Lipinski definition) is 0. The maximum Gasteiger partial charge on any atom is 0.238 e. The van der Waals surface area contributed by atoms with Crippen molar-refractivity contribution in [3.8, 4) is 39.9 Å². The second kappa shape index (κ2) is 11.6. The highest BCUT2D eigenvalue weighted by Crippen LogP contribution is 2.63. The van der Waals surface area contributed by atoms with Crippen LogP contribution in [0.3, 0.4) is 0 Å². The van der Waals surface area contributed by atoms with E-state index in [1.165, 1.54) is 64.7 Å². The molecule has 0 N–H and O–H groups in total. The lowest BCUT2D eigenvalue weighted by Crippen LogP contribution is -2.32. The van der Waals surface area contributed by atoms with Crippen molar-refractivity contribution in [3.63, 3.8) is 0 Å². The summed E-state index contributed by atoms with van der Waals surface area (Å²) in [6.07, 6.45) is 0. The molecule has 3 heterocycles. The summed E-state index contributed by atoms with van der Waals surface area (Å²) in [5.41, 5.74) is 11.4. The van der Waals surface area contributed by atoms with Crippen LogP contribution >= 0.6 is 11.8 Å². The normalized spacial score (nSPS) is 13.5. The zero-order chi connectivity index (χ0) is 36.1. The molecule has 8 aromatic carbocycles.